The highest BCUT2D eigenvalue weighted by molar-refractivity contribution is 6.30. The van der Waals surface area contributed by atoms with Crippen LogP contribution in [0.25, 0.3) is 0 Å². The molecular formula is C10H11ClN2. The fraction of sp³-hybridized carbons (Fsp3) is 0.200. The van der Waals surface area contributed by atoms with Gasteiger partial charge in [0.1, 0.15) is 0 Å². The van der Waals surface area contributed by atoms with Crippen LogP contribution >= 0.6 is 11.6 Å². The molecule has 1 aromatic rings. The van der Waals surface area contributed by atoms with E-state index in [1.165, 1.54) is 5.56 Å². The van der Waals surface area contributed by atoms with E-state index in [2.05, 4.69) is 11.4 Å². The summed E-state index contributed by atoms with van der Waals surface area (Å²) in [6.07, 6.45) is 2.02. The van der Waals surface area contributed by atoms with Crippen molar-refractivity contribution in [2.24, 2.45) is 5.73 Å². The van der Waals surface area contributed by atoms with Crippen molar-refractivity contribution in [2.75, 3.05) is 6.54 Å². The minimum atomic E-state index is 0.360. The van der Waals surface area contributed by atoms with E-state index in [1.807, 2.05) is 24.3 Å². The fourth-order valence-electron chi connectivity index (χ4n) is 1.51. The lowest BCUT2D eigenvalue weighted by Crippen LogP contribution is -2.15. The first-order valence-corrected chi connectivity index (χ1v) is 4.60. The first-order valence-electron chi connectivity index (χ1n) is 4.22. The Labute approximate surface area is 82.4 Å². The molecule has 0 amide bonds. The lowest BCUT2D eigenvalue weighted by molar-refractivity contribution is 0.791. The molecule has 3 heteroatoms. The van der Waals surface area contributed by atoms with Crippen LogP contribution in [-0.2, 0) is 0 Å². The summed E-state index contributed by atoms with van der Waals surface area (Å²) < 4.78 is 0. The van der Waals surface area contributed by atoms with Crippen molar-refractivity contribution < 1.29 is 0 Å². The smallest absolute Gasteiger partial charge is 0.0926 e. The zero-order valence-corrected chi connectivity index (χ0v) is 7.88. The molecule has 0 saturated carbocycles. The molecule has 2 rings (SSSR count). The maximum absolute atomic E-state index is 5.89. The van der Waals surface area contributed by atoms with Gasteiger partial charge in [0, 0.05) is 17.5 Å². The molecule has 1 heterocycles. The Morgan fingerprint density at radius 3 is 2.92 bits per heavy atom. The molecule has 68 valence electrons. The minimum Gasteiger partial charge on any atom is -0.386 e. The summed E-state index contributed by atoms with van der Waals surface area (Å²) in [4.78, 5) is 0. The molecule has 1 atom stereocenters. The van der Waals surface area contributed by atoms with Crippen LogP contribution in [0, 0.1) is 0 Å². The molecule has 0 aromatic heterocycles. The Morgan fingerprint density at radius 2 is 2.31 bits per heavy atom. The molecule has 0 bridgehead atoms. The zero-order chi connectivity index (χ0) is 9.26. The molecule has 0 spiro atoms. The van der Waals surface area contributed by atoms with E-state index in [1.54, 1.807) is 0 Å². The highest BCUT2D eigenvalue weighted by Gasteiger charge is 2.14. The Balaban J connectivity index is 2.26. The topological polar surface area (TPSA) is 38.0 Å². The number of nitrogens with one attached hydrogen (secondary N) is 1. The number of rotatable bonds is 1. The highest BCUT2D eigenvalue weighted by atomic mass is 35.5. The SMILES string of the molecule is NC1=CC(c2cccc(Cl)c2)CN1. The second-order valence-electron chi connectivity index (χ2n) is 3.16. The van der Waals surface area contributed by atoms with Crippen molar-refractivity contribution in [2.45, 2.75) is 5.92 Å². The summed E-state index contributed by atoms with van der Waals surface area (Å²) in [7, 11) is 0. The number of hydrogen-bond acceptors (Lipinski definition) is 2. The average Bonchev–Trinajstić information content (AvgIpc) is 2.52. The average molecular weight is 195 g/mol. The molecule has 2 nitrogen and oxygen atoms in total. The van der Waals surface area contributed by atoms with Crippen molar-refractivity contribution in [1.29, 1.82) is 0 Å². The van der Waals surface area contributed by atoms with Gasteiger partial charge in [-0.05, 0) is 23.8 Å². The van der Waals surface area contributed by atoms with Gasteiger partial charge >= 0.3 is 0 Å². The fourth-order valence-corrected chi connectivity index (χ4v) is 1.71. The van der Waals surface area contributed by atoms with Gasteiger partial charge in [-0.2, -0.15) is 0 Å². The van der Waals surface area contributed by atoms with E-state index >= 15 is 0 Å². The molecule has 0 saturated heterocycles. The van der Waals surface area contributed by atoms with Crippen LogP contribution in [0.4, 0.5) is 0 Å². The van der Waals surface area contributed by atoms with Crippen LogP contribution < -0.4 is 11.1 Å². The molecule has 0 fully saturated rings. The van der Waals surface area contributed by atoms with Gasteiger partial charge in [0.25, 0.3) is 0 Å². The van der Waals surface area contributed by atoms with Crippen LogP contribution in [0.1, 0.15) is 11.5 Å². The van der Waals surface area contributed by atoms with Crippen LogP contribution in [0.3, 0.4) is 0 Å². The molecule has 0 aliphatic carbocycles. The standard InChI is InChI=1S/C10H11ClN2/c11-9-3-1-2-7(4-9)8-5-10(12)13-6-8/h1-5,8,13H,6,12H2. The maximum Gasteiger partial charge on any atom is 0.0926 e. The highest BCUT2D eigenvalue weighted by Crippen LogP contribution is 2.23. The van der Waals surface area contributed by atoms with E-state index in [0.717, 1.165) is 17.4 Å². The third-order valence-electron chi connectivity index (χ3n) is 2.18. The van der Waals surface area contributed by atoms with Crippen LogP contribution in [0.15, 0.2) is 36.2 Å². The van der Waals surface area contributed by atoms with E-state index in [9.17, 15) is 0 Å². The van der Waals surface area contributed by atoms with Crippen molar-refractivity contribution >= 4 is 11.6 Å². The second kappa shape index (κ2) is 3.30. The molecule has 1 unspecified atom stereocenters. The van der Waals surface area contributed by atoms with Gasteiger partial charge < -0.3 is 11.1 Å². The van der Waals surface area contributed by atoms with E-state index in [0.29, 0.717) is 5.92 Å². The molecular weight excluding hydrogens is 184 g/mol. The summed E-state index contributed by atoms with van der Waals surface area (Å²) in [5, 5.41) is 3.86. The van der Waals surface area contributed by atoms with Gasteiger partial charge in [-0.25, -0.2) is 0 Å². The molecule has 1 aliphatic heterocycles. The second-order valence-corrected chi connectivity index (χ2v) is 3.60. The molecule has 1 aliphatic rings. The largest absolute Gasteiger partial charge is 0.386 e. The monoisotopic (exact) mass is 194 g/mol. The summed E-state index contributed by atoms with van der Waals surface area (Å²) in [6, 6.07) is 7.87. The summed E-state index contributed by atoms with van der Waals surface area (Å²) in [5.41, 5.74) is 6.83. The van der Waals surface area contributed by atoms with Crippen molar-refractivity contribution in [1.82, 2.24) is 5.32 Å². The van der Waals surface area contributed by atoms with Gasteiger partial charge in [-0.15, -0.1) is 0 Å². The van der Waals surface area contributed by atoms with Crippen LogP contribution in [0.2, 0.25) is 5.02 Å². The Kier molecular flexibility index (Phi) is 2.15. The number of benzene rings is 1. The maximum atomic E-state index is 5.89. The van der Waals surface area contributed by atoms with E-state index < -0.39 is 0 Å². The molecule has 13 heavy (non-hydrogen) atoms. The lowest BCUT2D eigenvalue weighted by Gasteiger charge is -2.06. The lowest BCUT2D eigenvalue weighted by atomic mass is 10.0. The van der Waals surface area contributed by atoms with Crippen molar-refractivity contribution in [3.05, 3.63) is 46.7 Å². The Hall–Kier alpha value is -1.15. The quantitative estimate of drug-likeness (QED) is 0.716. The van der Waals surface area contributed by atoms with Crippen LogP contribution in [-0.4, -0.2) is 6.54 Å². The summed E-state index contributed by atoms with van der Waals surface area (Å²) >= 11 is 5.89. The number of nitrogens with two attached hydrogens (primary N) is 1. The van der Waals surface area contributed by atoms with Gasteiger partial charge in [-0.1, -0.05) is 23.7 Å². The molecule has 3 N–H and O–H groups in total. The number of hydrogen-bond donors (Lipinski definition) is 2. The molecule has 0 radical (unpaired) electrons. The van der Waals surface area contributed by atoms with E-state index in [4.69, 9.17) is 17.3 Å². The first-order chi connectivity index (χ1) is 6.25. The van der Waals surface area contributed by atoms with Gasteiger partial charge in [-0.3, -0.25) is 0 Å². The van der Waals surface area contributed by atoms with Crippen molar-refractivity contribution in [3.63, 3.8) is 0 Å². The first kappa shape index (κ1) is 8.45. The number of halogens is 1. The van der Waals surface area contributed by atoms with Crippen LogP contribution in [0.5, 0.6) is 0 Å². The summed E-state index contributed by atoms with van der Waals surface area (Å²) in [5.74, 6) is 1.11. The minimum absolute atomic E-state index is 0.360. The Morgan fingerprint density at radius 1 is 1.46 bits per heavy atom. The van der Waals surface area contributed by atoms with Crippen molar-refractivity contribution in [3.8, 4) is 0 Å². The molecule has 1 aromatic carbocycles. The van der Waals surface area contributed by atoms with E-state index in [-0.39, 0.29) is 0 Å². The predicted molar refractivity (Wildman–Crippen MR) is 54.5 cm³/mol. The zero-order valence-electron chi connectivity index (χ0n) is 7.13. The Bertz CT molecular complexity index is 347. The summed E-state index contributed by atoms with van der Waals surface area (Å²) in [6.45, 7) is 0.867. The predicted octanol–water partition coefficient (Wildman–Crippen LogP) is 1.83. The third-order valence-corrected chi connectivity index (χ3v) is 2.42. The third kappa shape index (κ3) is 1.78. The van der Waals surface area contributed by atoms with Gasteiger partial charge in [0.15, 0.2) is 0 Å². The van der Waals surface area contributed by atoms with Gasteiger partial charge in [0.05, 0.1) is 5.82 Å². The normalized spacial score (nSPS) is 21.0. The van der Waals surface area contributed by atoms with Gasteiger partial charge in [0.2, 0.25) is 0 Å².